The van der Waals surface area contributed by atoms with E-state index in [1.165, 1.54) is 22.4 Å². The first kappa shape index (κ1) is 26.5. The van der Waals surface area contributed by atoms with Crippen LogP contribution >= 0.6 is 15.9 Å². The van der Waals surface area contributed by atoms with E-state index in [0.29, 0.717) is 17.4 Å². The lowest BCUT2D eigenvalue weighted by atomic mass is 9.76. The molecule has 1 aliphatic heterocycles. The first-order valence-corrected chi connectivity index (χ1v) is 15.5. The Morgan fingerprint density at radius 3 is 2.45 bits per heavy atom. The van der Waals surface area contributed by atoms with Gasteiger partial charge in [0.15, 0.2) is 5.75 Å². The van der Waals surface area contributed by atoms with Gasteiger partial charge in [0.25, 0.3) is 0 Å². The minimum Gasteiger partial charge on any atom is -0.378 e. The number of hydrogen-bond donors (Lipinski definition) is 1. The van der Waals surface area contributed by atoms with Gasteiger partial charge in [-0.05, 0) is 85.8 Å². The maximum Gasteiger partial charge on any atom is 0.339 e. The topological polar surface area (TPSA) is 67.8 Å². The van der Waals surface area contributed by atoms with Crippen molar-refractivity contribution >= 4 is 43.6 Å². The first-order valence-electron chi connectivity index (χ1n) is 13.3. The average Bonchev–Trinajstić information content (AvgIpc) is 3.44. The third-order valence-corrected chi connectivity index (χ3v) is 9.35. The summed E-state index contributed by atoms with van der Waals surface area (Å²) >= 11 is 3.47. The Morgan fingerprint density at radius 2 is 1.68 bits per heavy atom. The van der Waals surface area contributed by atoms with Crippen LogP contribution in [0.2, 0.25) is 0 Å². The van der Waals surface area contributed by atoms with Gasteiger partial charge < -0.3 is 9.50 Å². The van der Waals surface area contributed by atoms with Crippen molar-refractivity contribution in [3.05, 3.63) is 129 Å². The van der Waals surface area contributed by atoms with E-state index < -0.39 is 10.1 Å². The fourth-order valence-corrected chi connectivity index (χ4v) is 6.86. The highest BCUT2D eigenvalue weighted by molar-refractivity contribution is 9.10. The van der Waals surface area contributed by atoms with Crippen molar-refractivity contribution in [2.75, 3.05) is 5.32 Å². The number of benzene rings is 4. The lowest BCUT2D eigenvalue weighted by Crippen LogP contribution is -2.29. The van der Waals surface area contributed by atoms with Crippen molar-refractivity contribution in [3.8, 4) is 5.75 Å². The third-order valence-electron chi connectivity index (χ3n) is 7.60. The van der Waals surface area contributed by atoms with Crippen LogP contribution in [0.1, 0.15) is 46.2 Å². The number of anilines is 1. The summed E-state index contributed by atoms with van der Waals surface area (Å²) in [4.78, 5) is 4.74. The number of aliphatic imine (C=N–C) groups is 1. The van der Waals surface area contributed by atoms with Gasteiger partial charge in [0.1, 0.15) is 4.90 Å². The molecule has 4 aromatic carbocycles. The van der Waals surface area contributed by atoms with E-state index in [-0.39, 0.29) is 16.7 Å². The summed E-state index contributed by atoms with van der Waals surface area (Å²) in [5.74, 6) is 1.11. The van der Waals surface area contributed by atoms with E-state index in [9.17, 15) is 8.42 Å². The number of nitrogens with one attached hydrogen (secondary N) is 1. The Hall–Kier alpha value is -3.68. The number of fused-ring (bicyclic) bond motifs is 3. The SMILES string of the molecule is Cc1ccc(S(=O)(=O)Oc2ccc(Br)cc2C=Nc2ccc([C@@H]3Nc4ccc(C)cc4[C@@H]4C=CC[C@H]43)cc2)cc1. The zero-order valence-corrected chi connectivity index (χ0v) is 24.6. The second-order valence-electron chi connectivity index (χ2n) is 10.4. The summed E-state index contributed by atoms with van der Waals surface area (Å²) in [6, 6.07) is 26.8. The zero-order valence-electron chi connectivity index (χ0n) is 22.2. The van der Waals surface area contributed by atoms with E-state index >= 15 is 0 Å². The van der Waals surface area contributed by atoms with Crippen LogP contribution in [0.15, 0.2) is 111 Å². The quantitative estimate of drug-likeness (QED) is 0.135. The van der Waals surface area contributed by atoms with Gasteiger partial charge in [-0.1, -0.05) is 75.6 Å². The molecule has 1 heterocycles. The number of rotatable bonds is 6. The molecule has 202 valence electrons. The average molecular weight is 614 g/mol. The van der Waals surface area contributed by atoms with Gasteiger partial charge in [0, 0.05) is 27.9 Å². The highest BCUT2D eigenvalue weighted by Crippen LogP contribution is 2.50. The monoisotopic (exact) mass is 612 g/mol. The fourth-order valence-electron chi connectivity index (χ4n) is 5.52. The van der Waals surface area contributed by atoms with Crippen molar-refractivity contribution in [2.45, 2.75) is 37.1 Å². The molecule has 7 heteroatoms. The fraction of sp³-hybridized carbons (Fsp3) is 0.182. The van der Waals surface area contributed by atoms with Crippen LogP contribution in [0.5, 0.6) is 5.75 Å². The van der Waals surface area contributed by atoms with Crippen LogP contribution in [0.25, 0.3) is 0 Å². The normalized spacial score (nSPS) is 19.7. The summed E-state index contributed by atoms with van der Waals surface area (Å²) in [6.07, 6.45) is 7.34. The van der Waals surface area contributed by atoms with Crippen molar-refractivity contribution in [1.29, 1.82) is 0 Å². The van der Waals surface area contributed by atoms with Gasteiger partial charge in [-0.25, -0.2) is 0 Å². The molecule has 0 saturated carbocycles. The molecule has 5 nitrogen and oxygen atoms in total. The molecule has 40 heavy (non-hydrogen) atoms. The van der Waals surface area contributed by atoms with E-state index in [1.54, 1.807) is 48.7 Å². The molecule has 0 radical (unpaired) electrons. The molecule has 0 fully saturated rings. The van der Waals surface area contributed by atoms with Crippen molar-refractivity contribution in [3.63, 3.8) is 0 Å². The Morgan fingerprint density at radius 1 is 0.925 bits per heavy atom. The minimum absolute atomic E-state index is 0.105. The van der Waals surface area contributed by atoms with Gasteiger partial charge in [-0.2, -0.15) is 8.42 Å². The maximum atomic E-state index is 12.9. The molecular weight excluding hydrogens is 584 g/mol. The van der Waals surface area contributed by atoms with Gasteiger partial charge >= 0.3 is 10.1 Å². The van der Waals surface area contributed by atoms with Crippen LogP contribution in [-0.4, -0.2) is 14.6 Å². The summed E-state index contributed by atoms with van der Waals surface area (Å²) in [6.45, 7) is 4.05. The molecule has 1 N–H and O–H groups in total. The highest BCUT2D eigenvalue weighted by Gasteiger charge is 2.37. The van der Waals surface area contributed by atoms with Crippen LogP contribution in [-0.2, 0) is 10.1 Å². The van der Waals surface area contributed by atoms with Crippen LogP contribution in [0.3, 0.4) is 0 Å². The molecule has 6 rings (SSSR count). The van der Waals surface area contributed by atoms with Crippen molar-refractivity contribution < 1.29 is 12.6 Å². The Kier molecular flexibility index (Phi) is 7.11. The number of aryl methyl sites for hydroxylation is 2. The summed E-state index contributed by atoms with van der Waals surface area (Å²) in [5.41, 5.74) is 7.38. The molecule has 0 amide bonds. The Bertz CT molecular complexity index is 1730. The molecule has 2 aliphatic rings. The molecule has 0 spiro atoms. The van der Waals surface area contributed by atoms with Crippen molar-refractivity contribution in [1.82, 2.24) is 0 Å². The second-order valence-corrected chi connectivity index (χ2v) is 12.9. The number of hydrogen-bond acceptors (Lipinski definition) is 5. The van der Waals surface area contributed by atoms with Crippen molar-refractivity contribution in [2.24, 2.45) is 10.9 Å². The zero-order chi connectivity index (χ0) is 27.9. The largest absolute Gasteiger partial charge is 0.378 e. The highest BCUT2D eigenvalue weighted by atomic mass is 79.9. The number of nitrogens with zero attached hydrogens (tertiary/aromatic N) is 1. The van der Waals surface area contributed by atoms with Crippen LogP contribution in [0, 0.1) is 19.8 Å². The van der Waals surface area contributed by atoms with Crippen LogP contribution < -0.4 is 9.50 Å². The predicted octanol–water partition coefficient (Wildman–Crippen LogP) is 8.41. The molecule has 0 unspecified atom stereocenters. The minimum atomic E-state index is -3.99. The van der Waals surface area contributed by atoms with Gasteiger partial charge in [0.2, 0.25) is 0 Å². The summed E-state index contributed by atoms with van der Waals surface area (Å²) < 4.78 is 32.1. The maximum absolute atomic E-state index is 12.9. The molecule has 0 aromatic heterocycles. The van der Waals surface area contributed by atoms with Crippen LogP contribution in [0.4, 0.5) is 11.4 Å². The summed E-state index contributed by atoms with van der Waals surface area (Å²) in [7, 11) is -3.99. The Balaban J connectivity index is 1.23. The Labute approximate surface area is 243 Å². The molecule has 0 bridgehead atoms. The number of halogens is 1. The lowest BCUT2D eigenvalue weighted by molar-refractivity contribution is 0.425. The lowest BCUT2D eigenvalue weighted by Gasteiger charge is -2.37. The standard InChI is InChI=1S/C33H29BrN2O3S/c1-21-6-14-27(15-7-21)40(37,38)39-32-17-11-25(34)19-24(32)20-35-26-12-9-23(10-13-26)33-29-5-3-4-28(29)30-18-22(2)8-16-31(30)36-33/h3-4,6-20,28-29,33,36H,5H2,1-2H3/t28-,29-,33+/m1/s1. The molecule has 1 aliphatic carbocycles. The summed E-state index contributed by atoms with van der Waals surface area (Å²) in [5, 5.41) is 3.78. The second kappa shape index (κ2) is 10.7. The predicted molar refractivity (Wildman–Crippen MR) is 164 cm³/mol. The van der Waals surface area contributed by atoms with E-state index in [1.807, 2.05) is 19.1 Å². The van der Waals surface area contributed by atoms with E-state index in [4.69, 9.17) is 4.18 Å². The molecule has 0 saturated heterocycles. The first-order chi connectivity index (χ1) is 19.3. The smallest absolute Gasteiger partial charge is 0.339 e. The number of allylic oxidation sites excluding steroid dienone is 2. The van der Waals surface area contributed by atoms with Gasteiger partial charge in [-0.15, -0.1) is 0 Å². The van der Waals surface area contributed by atoms with Gasteiger partial charge in [-0.3, -0.25) is 4.99 Å². The molecular formula is C33H29BrN2O3S. The van der Waals surface area contributed by atoms with E-state index in [0.717, 1.165) is 22.1 Å². The molecule has 3 atom stereocenters. The molecule has 4 aromatic rings. The van der Waals surface area contributed by atoms with E-state index in [2.05, 4.69) is 75.6 Å². The van der Waals surface area contributed by atoms with Gasteiger partial charge in [0.05, 0.1) is 11.7 Å². The third kappa shape index (κ3) is 5.36.